The fraction of sp³-hybridized carbons (Fsp3) is 0.500. The maximum Gasteiger partial charge on any atom is 0.322 e. The minimum absolute atomic E-state index is 0.0328. The molecule has 0 aliphatic carbocycles. The molecule has 0 bridgehead atoms. The second kappa shape index (κ2) is 7.59. The molecule has 6 nitrogen and oxygen atoms in total. The Morgan fingerprint density at radius 2 is 1.83 bits per heavy atom. The van der Waals surface area contributed by atoms with Crippen LogP contribution in [0.25, 0.3) is 0 Å². The molecule has 1 N–H and O–H groups in total. The van der Waals surface area contributed by atoms with Crippen LogP contribution in [0.15, 0.2) is 18.2 Å². The van der Waals surface area contributed by atoms with Crippen molar-refractivity contribution in [3.05, 3.63) is 28.2 Å². The summed E-state index contributed by atoms with van der Waals surface area (Å²) < 4.78 is 5.43. The van der Waals surface area contributed by atoms with Crippen molar-refractivity contribution in [1.82, 2.24) is 9.80 Å². The Balaban J connectivity index is 1.53. The standard InChI is InChI=1S/C16H19Cl2N3O3/c17-11-3-1-4-12(14(11)18)19-16(23)21-8-6-20(7-9-21)15(22)13-5-2-10-24-13/h1,3-4,13H,2,5-10H2,(H,19,23)/t13-/m0/s1. The van der Waals surface area contributed by atoms with Crippen LogP contribution in [-0.2, 0) is 9.53 Å². The van der Waals surface area contributed by atoms with Gasteiger partial charge in [-0.3, -0.25) is 4.79 Å². The summed E-state index contributed by atoms with van der Waals surface area (Å²) in [5.74, 6) is 0.0328. The molecule has 2 saturated heterocycles. The van der Waals surface area contributed by atoms with Gasteiger partial charge in [0.1, 0.15) is 6.10 Å². The summed E-state index contributed by atoms with van der Waals surface area (Å²) in [4.78, 5) is 28.1. The van der Waals surface area contributed by atoms with Gasteiger partial charge in [0.05, 0.1) is 15.7 Å². The monoisotopic (exact) mass is 371 g/mol. The molecule has 2 heterocycles. The number of ether oxygens (including phenoxy) is 1. The molecule has 1 atom stereocenters. The molecule has 1 aromatic rings. The number of halogens is 2. The van der Waals surface area contributed by atoms with E-state index in [0.717, 1.165) is 12.8 Å². The van der Waals surface area contributed by atoms with Crippen LogP contribution in [-0.4, -0.2) is 60.6 Å². The average molecular weight is 372 g/mol. The molecule has 1 aromatic carbocycles. The molecular weight excluding hydrogens is 353 g/mol. The van der Waals surface area contributed by atoms with E-state index in [1.165, 1.54) is 0 Å². The van der Waals surface area contributed by atoms with Crippen molar-refractivity contribution >= 4 is 40.8 Å². The number of amides is 3. The van der Waals surface area contributed by atoms with Gasteiger partial charge in [-0.25, -0.2) is 4.79 Å². The van der Waals surface area contributed by atoms with E-state index in [4.69, 9.17) is 27.9 Å². The second-order valence-corrected chi connectivity index (χ2v) is 6.63. The summed E-state index contributed by atoms with van der Waals surface area (Å²) in [5.41, 5.74) is 0.479. The molecule has 0 unspecified atom stereocenters. The third kappa shape index (κ3) is 3.77. The number of anilines is 1. The van der Waals surface area contributed by atoms with E-state index < -0.39 is 0 Å². The Hall–Kier alpha value is -1.50. The lowest BCUT2D eigenvalue weighted by Gasteiger charge is -2.35. The van der Waals surface area contributed by atoms with Gasteiger partial charge >= 0.3 is 6.03 Å². The van der Waals surface area contributed by atoms with Gasteiger partial charge in [0, 0.05) is 32.8 Å². The lowest BCUT2D eigenvalue weighted by atomic mass is 10.2. The summed E-state index contributed by atoms with van der Waals surface area (Å²) in [6.45, 7) is 2.62. The van der Waals surface area contributed by atoms with Crippen molar-refractivity contribution in [3.8, 4) is 0 Å². The van der Waals surface area contributed by atoms with E-state index in [9.17, 15) is 9.59 Å². The number of carbonyl (C=O) groups is 2. The highest BCUT2D eigenvalue weighted by Crippen LogP contribution is 2.29. The number of urea groups is 1. The first kappa shape index (κ1) is 17.3. The highest BCUT2D eigenvalue weighted by Gasteiger charge is 2.31. The first-order valence-electron chi connectivity index (χ1n) is 7.96. The van der Waals surface area contributed by atoms with Crippen LogP contribution in [0, 0.1) is 0 Å². The van der Waals surface area contributed by atoms with Gasteiger partial charge in [0.25, 0.3) is 5.91 Å². The fourth-order valence-electron chi connectivity index (χ4n) is 2.90. The SMILES string of the molecule is O=C(Nc1cccc(Cl)c1Cl)N1CCN(C(=O)[C@@H]2CCCO2)CC1. The third-order valence-corrected chi connectivity index (χ3v) is 5.10. The molecule has 0 aromatic heterocycles. The predicted molar refractivity (Wildman–Crippen MR) is 92.6 cm³/mol. The number of hydrogen-bond donors (Lipinski definition) is 1. The Morgan fingerprint density at radius 1 is 1.12 bits per heavy atom. The van der Waals surface area contributed by atoms with Crippen molar-refractivity contribution < 1.29 is 14.3 Å². The van der Waals surface area contributed by atoms with Crippen LogP contribution < -0.4 is 5.32 Å². The quantitative estimate of drug-likeness (QED) is 0.869. The van der Waals surface area contributed by atoms with E-state index in [1.807, 2.05) is 0 Å². The first-order chi connectivity index (χ1) is 11.6. The maximum atomic E-state index is 12.3. The van der Waals surface area contributed by atoms with Gasteiger partial charge in [-0.2, -0.15) is 0 Å². The molecule has 0 saturated carbocycles. The van der Waals surface area contributed by atoms with Gasteiger partial charge in [0.2, 0.25) is 0 Å². The first-order valence-corrected chi connectivity index (χ1v) is 8.72. The van der Waals surface area contributed by atoms with Crippen LogP contribution in [0.5, 0.6) is 0 Å². The molecular formula is C16H19Cl2N3O3. The Labute approximate surface area is 150 Å². The number of nitrogens with zero attached hydrogens (tertiary/aromatic N) is 2. The van der Waals surface area contributed by atoms with Crippen LogP contribution >= 0.6 is 23.2 Å². The molecule has 2 aliphatic rings. The highest BCUT2D eigenvalue weighted by molar-refractivity contribution is 6.43. The molecule has 3 rings (SSSR count). The minimum atomic E-state index is -0.310. The van der Waals surface area contributed by atoms with Crippen LogP contribution in [0.1, 0.15) is 12.8 Å². The second-order valence-electron chi connectivity index (χ2n) is 5.85. The topological polar surface area (TPSA) is 61.9 Å². The van der Waals surface area contributed by atoms with Gasteiger partial charge in [-0.1, -0.05) is 29.3 Å². The largest absolute Gasteiger partial charge is 0.368 e. The molecule has 0 radical (unpaired) electrons. The lowest BCUT2D eigenvalue weighted by molar-refractivity contribution is -0.142. The zero-order valence-corrected chi connectivity index (χ0v) is 14.6. The van der Waals surface area contributed by atoms with E-state index in [1.54, 1.807) is 28.0 Å². The summed E-state index contributed by atoms with van der Waals surface area (Å²) in [6.07, 6.45) is 1.40. The highest BCUT2D eigenvalue weighted by atomic mass is 35.5. The van der Waals surface area contributed by atoms with Gasteiger partial charge < -0.3 is 19.9 Å². The predicted octanol–water partition coefficient (Wildman–Crippen LogP) is 2.85. The summed E-state index contributed by atoms with van der Waals surface area (Å²) in [6, 6.07) is 4.84. The fourth-order valence-corrected chi connectivity index (χ4v) is 3.25. The van der Waals surface area contributed by atoms with Crippen molar-refractivity contribution in [2.75, 3.05) is 38.1 Å². The van der Waals surface area contributed by atoms with Crippen molar-refractivity contribution in [1.29, 1.82) is 0 Å². The van der Waals surface area contributed by atoms with Gasteiger partial charge in [-0.15, -0.1) is 0 Å². The van der Waals surface area contributed by atoms with Crippen LogP contribution in [0.3, 0.4) is 0 Å². The zero-order chi connectivity index (χ0) is 17.1. The number of rotatable bonds is 2. The molecule has 2 aliphatic heterocycles. The third-order valence-electron chi connectivity index (χ3n) is 4.28. The van der Waals surface area contributed by atoms with E-state index >= 15 is 0 Å². The van der Waals surface area contributed by atoms with Crippen molar-refractivity contribution in [2.24, 2.45) is 0 Å². The van der Waals surface area contributed by atoms with Crippen molar-refractivity contribution in [2.45, 2.75) is 18.9 Å². The lowest BCUT2D eigenvalue weighted by Crippen LogP contribution is -2.53. The van der Waals surface area contributed by atoms with Crippen molar-refractivity contribution in [3.63, 3.8) is 0 Å². The molecule has 2 fully saturated rings. The Morgan fingerprint density at radius 3 is 2.50 bits per heavy atom. The molecule has 130 valence electrons. The normalized spacial score (nSPS) is 21.0. The van der Waals surface area contributed by atoms with Gasteiger partial charge in [-0.05, 0) is 25.0 Å². The average Bonchev–Trinajstić information content (AvgIpc) is 3.13. The summed E-state index contributed by atoms with van der Waals surface area (Å²) in [5, 5.41) is 3.47. The Kier molecular flexibility index (Phi) is 5.48. The van der Waals surface area contributed by atoms with E-state index in [0.29, 0.717) is 48.5 Å². The minimum Gasteiger partial charge on any atom is -0.368 e. The van der Waals surface area contributed by atoms with Crippen LogP contribution in [0.2, 0.25) is 10.0 Å². The van der Waals surface area contributed by atoms with E-state index in [-0.39, 0.29) is 18.0 Å². The maximum absolute atomic E-state index is 12.3. The Bertz CT molecular complexity index is 627. The van der Waals surface area contributed by atoms with Gasteiger partial charge in [0.15, 0.2) is 0 Å². The van der Waals surface area contributed by atoms with E-state index in [2.05, 4.69) is 5.32 Å². The molecule has 3 amide bonds. The zero-order valence-electron chi connectivity index (χ0n) is 13.1. The molecule has 8 heteroatoms. The summed E-state index contributed by atoms with van der Waals surface area (Å²) in [7, 11) is 0. The molecule has 24 heavy (non-hydrogen) atoms. The van der Waals surface area contributed by atoms with Crippen LogP contribution in [0.4, 0.5) is 10.5 Å². The number of benzene rings is 1. The summed E-state index contributed by atoms with van der Waals surface area (Å²) >= 11 is 12.0. The number of hydrogen-bond acceptors (Lipinski definition) is 3. The smallest absolute Gasteiger partial charge is 0.322 e. The number of carbonyl (C=O) groups excluding carboxylic acids is 2. The molecule has 0 spiro atoms. The number of piperazine rings is 1. The number of nitrogens with one attached hydrogen (secondary N) is 1.